The normalized spacial score (nSPS) is 21.4. The van der Waals surface area contributed by atoms with Gasteiger partial charge in [-0.3, -0.25) is 4.72 Å². The summed E-state index contributed by atoms with van der Waals surface area (Å²) >= 11 is 11.9. The van der Waals surface area contributed by atoms with E-state index in [4.69, 9.17) is 37.4 Å². The molecular formula is C17H18Cl2FNO6S. The molecular weight excluding hydrogens is 436 g/mol. The third-order valence-corrected chi connectivity index (χ3v) is 6.71. The fourth-order valence-corrected chi connectivity index (χ4v) is 5.41. The summed E-state index contributed by atoms with van der Waals surface area (Å²) < 4.78 is 57.8. The standard InChI is InChI=1S/C17H18Cl2FNO6S/c1-2-25-16(22)11-9-17(26-5-6-27-17)4-3-14(11)28(23,24)21-15-12(18)7-10(20)8-13(15)19/h7-9,14,21H,2-6H2,1H3. The largest absolute Gasteiger partial charge is 0.463 e. The van der Waals surface area contributed by atoms with Crippen molar-refractivity contribution in [2.45, 2.75) is 30.8 Å². The van der Waals surface area contributed by atoms with Crippen LogP contribution >= 0.6 is 23.2 Å². The fourth-order valence-electron chi connectivity index (χ4n) is 3.17. The first-order valence-electron chi connectivity index (χ1n) is 8.51. The number of anilines is 1. The molecule has 1 N–H and O–H groups in total. The highest BCUT2D eigenvalue weighted by molar-refractivity contribution is 7.93. The second-order valence-corrected chi connectivity index (χ2v) is 8.93. The molecule has 1 aliphatic heterocycles. The lowest BCUT2D eigenvalue weighted by molar-refractivity contribution is -0.143. The molecule has 1 aromatic rings. The zero-order chi connectivity index (χ0) is 20.5. The van der Waals surface area contributed by atoms with E-state index >= 15 is 0 Å². The van der Waals surface area contributed by atoms with Gasteiger partial charge in [0.15, 0.2) is 5.79 Å². The Hall–Kier alpha value is -1.39. The van der Waals surface area contributed by atoms with Crippen molar-refractivity contribution in [1.82, 2.24) is 0 Å². The first-order chi connectivity index (χ1) is 13.2. The number of halogens is 3. The predicted molar refractivity (Wildman–Crippen MR) is 101 cm³/mol. The minimum atomic E-state index is -4.17. The van der Waals surface area contributed by atoms with Gasteiger partial charge in [-0.05, 0) is 31.6 Å². The molecule has 1 unspecified atom stereocenters. The van der Waals surface area contributed by atoms with Crippen LogP contribution in [-0.2, 0) is 29.0 Å². The first-order valence-corrected chi connectivity index (χ1v) is 10.8. The summed E-state index contributed by atoms with van der Waals surface area (Å²) in [6.07, 6.45) is 1.63. The number of benzene rings is 1. The van der Waals surface area contributed by atoms with E-state index in [1.807, 2.05) is 0 Å². The Balaban J connectivity index is 1.96. The lowest BCUT2D eigenvalue weighted by atomic mass is 9.94. The highest BCUT2D eigenvalue weighted by Crippen LogP contribution is 2.39. The lowest BCUT2D eigenvalue weighted by Crippen LogP contribution is -2.42. The molecule has 0 aromatic heterocycles. The maximum atomic E-state index is 13.4. The van der Waals surface area contributed by atoms with Crippen molar-refractivity contribution in [2.75, 3.05) is 24.5 Å². The van der Waals surface area contributed by atoms with E-state index in [1.165, 1.54) is 6.08 Å². The van der Waals surface area contributed by atoms with Crippen molar-refractivity contribution in [3.63, 3.8) is 0 Å². The van der Waals surface area contributed by atoms with E-state index in [9.17, 15) is 17.6 Å². The molecule has 1 aromatic carbocycles. The lowest BCUT2D eigenvalue weighted by Gasteiger charge is -2.33. The van der Waals surface area contributed by atoms with Crippen LogP contribution in [0.1, 0.15) is 19.8 Å². The number of nitrogens with one attached hydrogen (secondary N) is 1. The molecule has 1 saturated heterocycles. The Labute approximate surface area is 171 Å². The van der Waals surface area contributed by atoms with Gasteiger partial charge in [-0.2, -0.15) is 0 Å². The molecule has 7 nitrogen and oxygen atoms in total. The van der Waals surface area contributed by atoms with Crippen LogP contribution in [0.15, 0.2) is 23.8 Å². The number of sulfonamides is 1. The molecule has 0 bridgehead atoms. The Morgan fingerprint density at radius 3 is 2.50 bits per heavy atom. The van der Waals surface area contributed by atoms with Crippen molar-refractivity contribution in [3.8, 4) is 0 Å². The maximum Gasteiger partial charge on any atom is 0.335 e. The molecule has 2 aliphatic rings. The average Bonchev–Trinajstić information content (AvgIpc) is 3.06. The van der Waals surface area contributed by atoms with Gasteiger partial charge in [0.1, 0.15) is 11.1 Å². The Bertz CT molecular complexity index is 891. The van der Waals surface area contributed by atoms with Gasteiger partial charge >= 0.3 is 5.97 Å². The zero-order valence-electron chi connectivity index (χ0n) is 14.8. The summed E-state index contributed by atoms with van der Waals surface area (Å²) in [5.41, 5.74) is -0.265. The number of carbonyl (C=O) groups is 1. The highest BCUT2D eigenvalue weighted by atomic mass is 35.5. The summed E-state index contributed by atoms with van der Waals surface area (Å²) in [4.78, 5) is 12.4. The van der Waals surface area contributed by atoms with E-state index in [2.05, 4.69) is 4.72 Å². The van der Waals surface area contributed by atoms with Crippen molar-refractivity contribution in [1.29, 1.82) is 0 Å². The molecule has 0 radical (unpaired) electrons. The summed E-state index contributed by atoms with van der Waals surface area (Å²) in [6.45, 7) is 2.35. The van der Waals surface area contributed by atoms with Crippen LogP contribution in [0.3, 0.4) is 0 Å². The van der Waals surface area contributed by atoms with Crippen molar-refractivity contribution < 1.29 is 31.8 Å². The Kier molecular flexibility index (Phi) is 6.21. The van der Waals surface area contributed by atoms with Gasteiger partial charge in [-0.25, -0.2) is 17.6 Å². The third-order valence-electron chi connectivity index (χ3n) is 4.39. The molecule has 1 fully saturated rings. The number of rotatable bonds is 5. The molecule has 0 saturated carbocycles. The van der Waals surface area contributed by atoms with E-state index in [-0.39, 0.29) is 40.8 Å². The fraction of sp³-hybridized carbons (Fsp3) is 0.471. The van der Waals surface area contributed by atoms with E-state index in [1.54, 1.807) is 6.92 Å². The SMILES string of the molecule is CCOC(=O)C1=CC2(CCC1S(=O)(=O)Nc1c(Cl)cc(F)cc1Cl)OCCO2. The van der Waals surface area contributed by atoms with E-state index in [0.29, 0.717) is 13.2 Å². The molecule has 1 atom stereocenters. The zero-order valence-corrected chi connectivity index (χ0v) is 17.2. The number of esters is 1. The van der Waals surface area contributed by atoms with Crippen molar-refractivity contribution >= 4 is 44.9 Å². The van der Waals surface area contributed by atoms with Gasteiger partial charge < -0.3 is 14.2 Å². The Morgan fingerprint density at radius 2 is 1.93 bits per heavy atom. The quantitative estimate of drug-likeness (QED) is 0.687. The van der Waals surface area contributed by atoms with Crippen LogP contribution in [0.25, 0.3) is 0 Å². The van der Waals surface area contributed by atoms with Gasteiger partial charge in [0, 0.05) is 6.42 Å². The summed E-state index contributed by atoms with van der Waals surface area (Å²) in [5.74, 6) is -2.63. The molecule has 0 amide bonds. The van der Waals surface area contributed by atoms with Crippen LogP contribution < -0.4 is 4.72 Å². The number of ether oxygens (including phenoxy) is 3. The van der Waals surface area contributed by atoms with E-state index in [0.717, 1.165) is 12.1 Å². The minimum absolute atomic E-state index is 0.0381. The Morgan fingerprint density at radius 1 is 1.32 bits per heavy atom. The predicted octanol–water partition coefficient (Wildman–Crippen LogP) is 3.27. The highest BCUT2D eigenvalue weighted by Gasteiger charge is 2.46. The van der Waals surface area contributed by atoms with Crippen molar-refractivity contribution in [3.05, 3.63) is 39.6 Å². The van der Waals surface area contributed by atoms with E-state index < -0.39 is 32.8 Å². The van der Waals surface area contributed by atoms with Gasteiger partial charge in [0.2, 0.25) is 10.0 Å². The van der Waals surface area contributed by atoms with Crippen LogP contribution in [0.5, 0.6) is 0 Å². The molecule has 3 rings (SSSR count). The third kappa shape index (κ3) is 4.28. The number of carbonyl (C=O) groups excluding carboxylic acids is 1. The van der Waals surface area contributed by atoms with Gasteiger partial charge in [0.05, 0.1) is 41.1 Å². The molecule has 1 spiro atoms. The van der Waals surface area contributed by atoms with Crippen LogP contribution in [0, 0.1) is 5.82 Å². The molecule has 28 heavy (non-hydrogen) atoms. The van der Waals surface area contributed by atoms with Gasteiger partial charge in [-0.15, -0.1) is 0 Å². The number of hydrogen-bond donors (Lipinski definition) is 1. The topological polar surface area (TPSA) is 90.9 Å². The van der Waals surface area contributed by atoms with Crippen LogP contribution in [0.4, 0.5) is 10.1 Å². The summed E-state index contributed by atoms with van der Waals surface area (Å²) in [6, 6.07) is 1.87. The van der Waals surface area contributed by atoms with Crippen LogP contribution in [-0.4, -0.2) is 45.2 Å². The second-order valence-electron chi connectivity index (χ2n) is 6.25. The summed E-state index contributed by atoms with van der Waals surface area (Å²) in [7, 11) is -4.17. The first kappa shape index (κ1) is 21.3. The maximum absolute atomic E-state index is 13.4. The van der Waals surface area contributed by atoms with Crippen LogP contribution in [0.2, 0.25) is 10.0 Å². The summed E-state index contributed by atoms with van der Waals surface area (Å²) in [5, 5.41) is -1.66. The minimum Gasteiger partial charge on any atom is -0.463 e. The smallest absolute Gasteiger partial charge is 0.335 e. The number of hydrogen-bond acceptors (Lipinski definition) is 6. The monoisotopic (exact) mass is 453 g/mol. The van der Waals surface area contributed by atoms with Crippen molar-refractivity contribution in [2.24, 2.45) is 0 Å². The molecule has 1 aliphatic carbocycles. The second kappa shape index (κ2) is 8.16. The van der Waals surface area contributed by atoms with Gasteiger partial charge in [-0.1, -0.05) is 23.2 Å². The molecule has 154 valence electrons. The van der Waals surface area contributed by atoms with Gasteiger partial charge in [0.25, 0.3) is 0 Å². The molecule has 11 heteroatoms. The molecule has 1 heterocycles. The average molecular weight is 454 g/mol.